The van der Waals surface area contributed by atoms with Gasteiger partial charge in [0.2, 0.25) is 5.91 Å². The maximum atomic E-state index is 12.9. The van der Waals surface area contributed by atoms with Gasteiger partial charge >= 0.3 is 0 Å². The van der Waals surface area contributed by atoms with E-state index in [-0.39, 0.29) is 30.8 Å². The number of likely N-dealkylation sites (tertiary alicyclic amines) is 1. The Morgan fingerprint density at radius 2 is 1.85 bits per heavy atom. The Kier molecular flexibility index (Phi) is 7.80. The van der Waals surface area contributed by atoms with E-state index >= 15 is 0 Å². The van der Waals surface area contributed by atoms with Gasteiger partial charge in [0.05, 0.1) is 5.69 Å². The Morgan fingerprint density at radius 3 is 2.62 bits per heavy atom. The molecule has 34 heavy (non-hydrogen) atoms. The number of ketones is 1. The molecule has 2 aliphatic heterocycles. The fourth-order valence-corrected chi connectivity index (χ4v) is 4.30. The van der Waals surface area contributed by atoms with Gasteiger partial charge < -0.3 is 19.7 Å². The number of carbonyl (C=O) groups excluding carboxylic acids is 3. The van der Waals surface area contributed by atoms with Crippen molar-refractivity contribution < 1.29 is 23.9 Å². The molecule has 2 aromatic carbocycles. The van der Waals surface area contributed by atoms with Crippen molar-refractivity contribution in [2.75, 3.05) is 44.3 Å². The van der Waals surface area contributed by atoms with Gasteiger partial charge in [0.1, 0.15) is 17.5 Å². The molecule has 0 aliphatic carbocycles. The summed E-state index contributed by atoms with van der Waals surface area (Å²) in [4.78, 5) is 42.1. The van der Waals surface area contributed by atoms with Crippen LogP contribution in [0.25, 0.3) is 0 Å². The monoisotopic (exact) mass is 465 g/mol. The lowest BCUT2D eigenvalue weighted by molar-refractivity contribution is -0.127. The van der Waals surface area contributed by atoms with Crippen LogP contribution < -0.4 is 19.7 Å². The number of amides is 2. The van der Waals surface area contributed by atoms with Crippen molar-refractivity contribution in [3.8, 4) is 11.5 Å². The predicted molar refractivity (Wildman–Crippen MR) is 128 cm³/mol. The van der Waals surface area contributed by atoms with Gasteiger partial charge in [0.25, 0.3) is 5.91 Å². The van der Waals surface area contributed by atoms with Crippen LogP contribution in [0.3, 0.4) is 0 Å². The summed E-state index contributed by atoms with van der Waals surface area (Å²) in [7, 11) is 0. The molecular weight excluding hydrogens is 434 g/mol. The van der Waals surface area contributed by atoms with Crippen molar-refractivity contribution in [1.82, 2.24) is 10.2 Å². The van der Waals surface area contributed by atoms with Gasteiger partial charge in [0.15, 0.2) is 19.0 Å². The first kappa shape index (κ1) is 23.8. The zero-order chi connectivity index (χ0) is 23.9. The van der Waals surface area contributed by atoms with E-state index in [2.05, 4.69) is 10.2 Å². The zero-order valence-electron chi connectivity index (χ0n) is 19.5. The summed E-state index contributed by atoms with van der Waals surface area (Å²) in [6, 6.07) is 13.3. The number of ether oxygens (including phenoxy) is 2. The highest BCUT2D eigenvalue weighted by Crippen LogP contribution is 2.34. The molecule has 180 valence electrons. The lowest BCUT2D eigenvalue weighted by Gasteiger charge is -2.34. The van der Waals surface area contributed by atoms with Crippen LogP contribution in [-0.4, -0.2) is 67.9 Å². The number of piperidine rings is 1. The lowest BCUT2D eigenvalue weighted by atomic mass is 10.1. The van der Waals surface area contributed by atoms with Crippen molar-refractivity contribution in [3.05, 3.63) is 54.1 Å². The molecule has 0 aromatic heterocycles. The maximum Gasteiger partial charge on any atom is 0.265 e. The third-order valence-electron chi connectivity index (χ3n) is 6.22. The van der Waals surface area contributed by atoms with Crippen LogP contribution >= 0.6 is 0 Å². The Bertz CT molecular complexity index is 1020. The van der Waals surface area contributed by atoms with Gasteiger partial charge in [-0.1, -0.05) is 24.6 Å². The van der Waals surface area contributed by atoms with Crippen LogP contribution in [0.1, 0.15) is 36.5 Å². The summed E-state index contributed by atoms with van der Waals surface area (Å²) in [5.74, 6) is 0.277. The molecule has 4 rings (SSSR count). The second-order valence-electron chi connectivity index (χ2n) is 8.63. The van der Waals surface area contributed by atoms with E-state index in [0.717, 1.165) is 19.6 Å². The van der Waals surface area contributed by atoms with E-state index in [1.165, 1.54) is 24.2 Å². The van der Waals surface area contributed by atoms with E-state index in [1.807, 2.05) is 18.2 Å². The molecule has 2 aliphatic rings. The summed E-state index contributed by atoms with van der Waals surface area (Å²) < 4.78 is 11.1. The van der Waals surface area contributed by atoms with Gasteiger partial charge in [-0.2, -0.15) is 0 Å². The number of nitrogens with zero attached hydrogens (tertiary/aromatic N) is 2. The van der Waals surface area contributed by atoms with Gasteiger partial charge in [-0.3, -0.25) is 19.3 Å². The molecule has 0 radical (unpaired) electrons. The molecule has 8 nitrogen and oxygen atoms in total. The fourth-order valence-electron chi connectivity index (χ4n) is 4.30. The highest BCUT2D eigenvalue weighted by Gasteiger charge is 2.33. The number of benzene rings is 2. The number of anilines is 1. The molecule has 8 heteroatoms. The van der Waals surface area contributed by atoms with Gasteiger partial charge in [0, 0.05) is 18.7 Å². The SMILES string of the molecule is CC(C(=O)NCCN1CCCCC1)N1C(=O)COc2ccc(C(=O)COc3ccccc3)cc21. The van der Waals surface area contributed by atoms with E-state index in [4.69, 9.17) is 9.47 Å². The molecule has 1 fully saturated rings. The number of carbonyl (C=O) groups is 3. The Hall–Kier alpha value is -3.39. The molecule has 1 N–H and O–H groups in total. The van der Waals surface area contributed by atoms with Gasteiger partial charge in [-0.15, -0.1) is 0 Å². The molecule has 2 aromatic rings. The molecule has 0 bridgehead atoms. The first-order valence-electron chi connectivity index (χ1n) is 11.8. The molecule has 0 saturated carbocycles. The second-order valence-corrected chi connectivity index (χ2v) is 8.63. The first-order valence-corrected chi connectivity index (χ1v) is 11.8. The third kappa shape index (κ3) is 5.75. The molecule has 1 atom stereocenters. The van der Waals surface area contributed by atoms with Gasteiger partial charge in [-0.05, 0) is 63.2 Å². The zero-order valence-corrected chi connectivity index (χ0v) is 19.5. The smallest absolute Gasteiger partial charge is 0.265 e. The van der Waals surface area contributed by atoms with E-state index < -0.39 is 6.04 Å². The second kappa shape index (κ2) is 11.2. The largest absolute Gasteiger partial charge is 0.485 e. The van der Waals surface area contributed by atoms with Crippen molar-refractivity contribution in [1.29, 1.82) is 0 Å². The van der Waals surface area contributed by atoms with Crippen LogP contribution in [-0.2, 0) is 9.59 Å². The molecule has 1 unspecified atom stereocenters. The van der Waals surface area contributed by atoms with E-state index in [9.17, 15) is 14.4 Å². The molecule has 2 amide bonds. The first-order chi connectivity index (χ1) is 16.5. The highest BCUT2D eigenvalue weighted by atomic mass is 16.5. The third-order valence-corrected chi connectivity index (χ3v) is 6.22. The molecule has 1 saturated heterocycles. The summed E-state index contributed by atoms with van der Waals surface area (Å²) in [5.41, 5.74) is 0.802. The predicted octanol–water partition coefficient (Wildman–Crippen LogP) is 2.66. The number of nitrogens with one attached hydrogen (secondary N) is 1. The summed E-state index contributed by atoms with van der Waals surface area (Å²) in [5, 5.41) is 2.95. The number of fused-ring (bicyclic) bond motifs is 1. The summed E-state index contributed by atoms with van der Waals surface area (Å²) >= 11 is 0. The lowest BCUT2D eigenvalue weighted by Crippen LogP contribution is -2.52. The minimum atomic E-state index is -0.734. The van der Waals surface area contributed by atoms with Gasteiger partial charge in [-0.25, -0.2) is 0 Å². The van der Waals surface area contributed by atoms with E-state index in [0.29, 0.717) is 29.3 Å². The molecule has 2 heterocycles. The summed E-state index contributed by atoms with van der Waals surface area (Å²) in [6.07, 6.45) is 3.66. The average Bonchev–Trinajstić information content (AvgIpc) is 2.87. The van der Waals surface area contributed by atoms with Crippen molar-refractivity contribution in [2.45, 2.75) is 32.2 Å². The van der Waals surface area contributed by atoms with Crippen LogP contribution in [0, 0.1) is 0 Å². The van der Waals surface area contributed by atoms with Crippen LogP contribution in [0.5, 0.6) is 11.5 Å². The van der Waals surface area contributed by atoms with Crippen LogP contribution in [0.4, 0.5) is 5.69 Å². The molecular formula is C26H31N3O5. The minimum absolute atomic E-state index is 0.135. The standard InChI is InChI=1S/C26H31N3O5/c1-19(26(32)27-12-15-28-13-6-3-7-14-28)29-22-16-20(10-11-24(22)34-18-25(29)31)23(30)17-33-21-8-4-2-5-9-21/h2,4-5,8-11,16,19H,3,6-7,12-15,17-18H2,1H3,(H,27,32). The highest BCUT2D eigenvalue weighted by molar-refractivity contribution is 6.05. The normalized spacial score (nSPS) is 16.9. The Labute approximate surface area is 199 Å². The molecule has 0 spiro atoms. The van der Waals surface area contributed by atoms with Crippen molar-refractivity contribution in [3.63, 3.8) is 0 Å². The van der Waals surface area contributed by atoms with E-state index in [1.54, 1.807) is 37.3 Å². The number of Topliss-reactive ketones (excluding diaryl/α,β-unsaturated/α-hetero) is 1. The number of para-hydroxylation sites is 1. The number of hydrogen-bond donors (Lipinski definition) is 1. The average molecular weight is 466 g/mol. The van der Waals surface area contributed by atoms with Crippen molar-refractivity contribution in [2.24, 2.45) is 0 Å². The van der Waals surface area contributed by atoms with Crippen molar-refractivity contribution >= 4 is 23.3 Å². The van der Waals surface area contributed by atoms with Crippen LogP contribution in [0.15, 0.2) is 48.5 Å². The Morgan fingerprint density at radius 1 is 1.09 bits per heavy atom. The number of rotatable bonds is 9. The quantitative estimate of drug-likeness (QED) is 0.573. The summed E-state index contributed by atoms with van der Waals surface area (Å²) in [6.45, 7) is 4.86. The number of hydrogen-bond acceptors (Lipinski definition) is 6. The topological polar surface area (TPSA) is 88.2 Å². The Balaban J connectivity index is 1.41. The minimum Gasteiger partial charge on any atom is -0.485 e. The van der Waals surface area contributed by atoms with Crippen LogP contribution in [0.2, 0.25) is 0 Å². The fraction of sp³-hybridized carbons (Fsp3) is 0.423. The maximum absolute atomic E-state index is 12.9.